The number of thiazole rings is 1. The average molecular weight is 358 g/mol. The molecule has 1 atom stereocenters. The van der Waals surface area contributed by atoms with Crippen LogP contribution in [-0.2, 0) is 6.54 Å². The van der Waals surface area contributed by atoms with Crippen molar-refractivity contribution in [2.75, 3.05) is 6.54 Å². The Morgan fingerprint density at radius 2 is 2.36 bits per heavy atom. The summed E-state index contributed by atoms with van der Waals surface area (Å²) >= 11 is 1.60. The van der Waals surface area contributed by atoms with Gasteiger partial charge in [-0.05, 0) is 31.4 Å². The number of hydrogen-bond acceptors (Lipinski definition) is 6. The minimum atomic E-state index is -0.0950. The molecule has 0 aromatic carbocycles. The Kier molecular flexibility index (Phi) is 4.51. The van der Waals surface area contributed by atoms with Crippen LogP contribution in [0.1, 0.15) is 36.0 Å². The number of aromatic nitrogens is 2. The number of carbonyl (C=O) groups is 1. The van der Waals surface area contributed by atoms with E-state index in [0.29, 0.717) is 23.8 Å². The molecule has 3 aromatic heterocycles. The van der Waals surface area contributed by atoms with Gasteiger partial charge in [-0.25, -0.2) is 9.78 Å². The van der Waals surface area contributed by atoms with Gasteiger partial charge in [-0.3, -0.25) is 0 Å². The smallest absolute Gasteiger partial charge is 0.318 e. The summed E-state index contributed by atoms with van der Waals surface area (Å²) in [5.74, 6) is 1.16. The lowest BCUT2D eigenvalue weighted by molar-refractivity contribution is 0.151. The van der Waals surface area contributed by atoms with Gasteiger partial charge in [0, 0.05) is 24.2 Å². The van der Waals surface area contributed by atoms with E-state index < -0.39 is 0 Å². The van der Waals surface area contributed by atoms with E-state index in [9.17, 15) is 4.79 Å². The molecule has 1 N–H and O–H groups in total. The fourth-order valence-corrected chi connectivity index (χ4v) is 3.81. The third kappa shape index (κ3) is 3.43. The second-order valence-corrected chi connectivity index (χ2v) is 6.82. The fraction of sp³-hybridized carbons (Fsp3) is 0.353. The molecule has 0 aliphatic carbocycles. The summed E-state index contributed by atoms with van der Waals surface area (Å²) in [6.07, 6.45) is 6.45. The van der Waals surface area contributed by atoms with Crippen LogP contribution in [0, 0.1) is 0 Å². The summed E-state index contributed by atoms with van der Waals surface area (Å²) in [7, 11) is 0. The lowest BCUT2D eigenvalue weighted by atomic mass is 10.0. The molecule has 0 spiro atoms. The quantitative estimate of drug-likeness (QED) is 0.766. The summed E-state index contributed by atoms with van der Waals surface area (Å²) in [5.41, 5.74) is 0.655. The predicted molar refractivity (Wildman–Crippen MR) is 91.9 cm³/mol. The van der Waals surface area contributed by atoms with E-state index in [1.54, 1.807) is 42.0 Å². The number of nitrogens with one attached hydrogen (secondary N) is 1. The van der Waals surface area contributed by atoms with Crippen LogP contribution in [-0.4, -0.2) is 27.6 Å². The Morgan fingerprint density at radius 1 is 1.40 bits per heavy atom. The molecule has 1 saturated heterocycles. The Bertz CT molecular complexity index is 813. The number of rotatable bonds is 4. The van der Waals surface area contributed by atoms with E-state index in [1.165, 1.54) is 0 Å². The van der Waals surface area contributed by atoms with Gasteiger partial charge in [0.25, 0.3) is 0 Å². The zero-order valence-electron chi connectivity index (χ0n) is 13.6. The number of furan rings is 1. The van der Waals surface area contributed by atoms with Crippen LogP contribution < -0.4 is 5.32 Å². The molecule has 0 unspecified atom stereocenters. The van der Waals surface area contributed by atoms with Crippen LogP contribution in [0.3, 0.4) is 0 Å². The third-order valence-corrected chi connectivity index (χ3v) is 5.12. The monoisotopic (exact) mass is 358 g/mol. The maximum Gasteiger partial charge on any atom is 0.318 e. The number of hydrogen-bond donors (Lipinski definition) is 1. The highest BCUT2D eigenvalue weighted by Gasteiger charge is 2.29. The molecule has 25 heavy (non-hydrogen) atoms. The normalized spacial score (nSPS) is 17.6. The first kappa shape index (κ1) is 15.9. The number of amides is 2. The van der Waals surface area contributed by atoms with Gasteiger partial charge in [0.2, 0.25) is 5.76 Å². The molecule has 7 nitrogen and oxygen atoms in total. The highest BCUT2D eigenvalue weighted by Crippen LogP contribution is 2.32. The topological polar surface area (TPSA) is 84.4 Å². The van der Waals surface area contributed by atoms with Gasteiger partial charge in [-0.15, -0.1) is 11.3 Å². The number of nitrogens with zero attached hydrogens (tertiary/aromatic N) is 3. The zero-order valence-corrected chi connectivity index (χ0v) is 14.4. The van der Waals surface area contributed by atoms with E-state index in [-0.39, 0.29) is 12.1 Å². The predicted octanol–water partition coefficient (Wildman–Crippen LogP) is 3.83. The first-order valence-corrected chi connectivity index (χ1v) is 9.12. The number of urea groups is 1. The van der Waals surface area contributed by atoms with Crippen molar-refractivity contribution in [2.24, 2.45) is 0 Å². The Morgan fingerprint density at radius 3 is 3.16 bits per heavy atom. The van der Waals surface area contributed by atoms with Gasteiger partial charge >= 0.3 is 6.03 Å². The standard InChI is InChI=1S/C17H18N4O3S/c22-17(21-7-2-1-4-13(21)16-18-6-9-25-16)19-11-12-10-15(24-20-12)14-5-3-8-23-14/h3,5-6,8-10,13H,1-2,4,7,11H2,(H,19,22)/t13-/m1/s1. The van der Waals surface area contributed by atoms with E-state index in [2.05, 4.69) is 15.5 Å². The molecular formula is C17H18N4O3S. The van der Waals surface area contributed by atoms with Gasteiger partial charge < -0.3 is 19.2 Å². The number of piperidine rings is 1. The lowest BCUT2D eigenvalue weighted by Gasteiger charge is -2.34. The first-order chi connectivity index (χ1) is 12.3. The molecular weight excluding hydrogens is 340 g/mol. The van der Waals surface area contributed by atoms with Crippen LogP contribution in [0.5, 0.6) is 0 Å². The van der Waals surface area contributed by atoms with Crippen molar-refractivity contribution in [3.63, 3.8) is 0 Å². The SMILES string of the molecule is O=C(NCc1cc(-c2ccco2)on1)N1CCCC[C@@H]1c1nccs1. The first-order valence-electron chi connectivity index (χ1n) is 8.24. The third-order valence-electron chi connectivity index (χ3n) is 4.24. The van der Waals surface area contributed by atoms with E-state index >= 15 is 0 Å². The second kappa shape index (κ2) is 7.10. The Hall–Kier alpha value is -2.61. The average Bonchev–Trinajstić information content (AvgIpc) is 3.41. The molecule has 4 heterocycles. The van der Waals surface area contributed by atoms with E-state index in [4.69, 9.17) is 8.94 Å². The summed E-state index contributed by atoms with van der Waals surface area (Å²) < 4.78 is 10.5. The van der Waals surface area contributed by atoms with E-state index in [1.807, 2.05) is 10.3 Å². The Labute approximate surface area is 148 Å². The molecule has 4 rings (SSSR count). The van der Waals surface area contributed by atoms with Crippen molar-refractivity contribution in [3.05, 3.63) is 46.7 Å². The highest BCUT2D eigenvalue weighted by molar-refractivity contribution is 7.09. The van der Waals surface area contributed by atoms with Gasteiger partial charge in [-0.2, -0.15) is 0 Å². The minimum absolute atomic E-state index is 0.0599. The summed E-state index contributed by atoms with van der Waals surface area (Å²) in [5, 5.41) is 9.86. The number of carbonyl (C=O) groups excluding carboxylic acids is 1. The van der Waals surface area contributed by atoms with Gasteiger partial charge in [-0.1, -0.05) is 5.16 Å². The van der Waals surface area contributed by atoms with Crippen molar-refractivity contribution < 1.29 is 13.7 Å². The summed E-state index contributed by atoms with van der Waals surface area (Å²) in [6.45, 7) is 1.05. The van der Waals surface area contributed by atoms with Gasteiger partial charge in [0.15, 0.2) is 5.76 Å². The lowest BCUT2D eigenvalue weighted by Crippen LogP contribution is -2.44. The molecule has 1 aliphatic heterocycles. The van der Waals surface area contributed by atoms with Crippen LogP contribution in [0.2, 0.25) is 0 Å². The van der Waals surface area contributed by atoms with Crippen molar-refractivity contribution >= 4 is 17.4 Å². The molecule has 0 radical (unpaired) electrons. The largest absolute Gasteiger partial charge is 0.461 e. The van der Waals surface area contributed by atoms with Crippen molar-refractivity contribution in [3.8, 4) is 11.5 Å². The second-order valence-electron chi connectivity index (χ2n) is 5.89. The minimum Gasteiger partial charge on any atom is -0.461 e. The molecule has 0 bridgehead atoms. The molecule has 3 aromatic rings. The zero-order chi connectivity index (χ0) is 17.1. The maximum atomic E-state index is 12.6. The summed E-state index contributed by atoms with van der Waals surface area (Å²) in [4.78, 5) is 18.9. The molecule has 130 valence electrons. The van der Waals surface area contributed by atoms with Crippen LogP contribution >= 0.6 is 11.3 Å². The van der Waals surface area contributed by atoms with Gasteiger partial charge in [0.1, 0.15) is 10.7 Å². The van der Waals surface area contributed by atoms with E-state index in [0.717, 1.165) is 30.8 Å². The fourth-order valence-electron chi connectivity index (χ4n) is 3.03. The molecule has 8 heteroatoms. The summed E-state index contributed by atoms with van der Waals surface area (Å²) in [6, 6.07) is 5.32. The molecule has 1 aliphatic rings. The highest BCUT2D eigenvalue weighted by atomic mass is 32.1. The van der Waals surface area contributed by atoms with Crippen molar-refractivity contribution in [1.82, 2.24) is 20.4 Å². The van der Waals surface area contributed by atoms with Crippen LogP contribution in [0.15, 0.2) is 45.0 Å². The van der Waals surface area contributed by atoms with Crippen LogP contribution in [0.25, 0.3) is 11.5 Å². The Balaban J connectivity index is 1.39. The van der Waals surface area contributed by atoms with Gasteiger partial charge in [0.05, 0.1) is 18.8 Å². The maximum absolute atomic E-state index is 12.6. The molecule has 2 amide bonds. The van der Waals surface area contributed by atoms with Crippen LogP contribution in [0.4, 0.5) is 4.79 Å². The molecule has 0 saturated carbocycles. The van der Waals surface area contributed by atoms with Crippen molar-refractivity contribution in [2.45, 2.75) is 31.8 Å². The van der Waals surface area contributed by atoms with Crippen molar-refractivity contribution in [1.29, 1.82) is 0 Å². The molecule has 1 fully saturated rings. The number of likely N-dealkylation sites (tertiary alicyclic amines) is 1.